The SMILES string of the molecule is C=C(Cl)CC(CC(=O)C(=[N+]=[N-])C(=O)OCC)NC(=O)OCc1ccccc1. The number of nitrogens with one attached hydrogen (secondary N) is 1. The van der Waals surface area contributed by atoms with Crippen LogP contribution in [0.2, 0.25) is 0 Å². The van der Waals surface area contributed by atoms with Gasteiger partial charge in [0.25, 0.3) is 5.78 Å². The van der Waals surface area contributed by atoms with E-state index >= 15 is 0 Å². The average molecular weight is 394 g/mol. The molecular formula is C18H20ClN3O5. The zero-order valence-corrected chi connectivity index (χ0v) is 15.6. The molecule has 0 aliphatic carbocycles. The third-order valence-electron chi connectivity index (χ3n) is 3.27. The first-order valence-electron chi connectivity index (χ1n) is 8.10. The second kappa shape index (κ2) is 11.6. The largest absolute Gasteiger partial charge is 0.457 e. The van der Waals surface area contributed by atoms with Gasteiger partial charge in [-0.05, 0) is 12.5 Å². The van der Waals surface area contributed by atoms with Crippen molar-refractivity contribution in [2.24, 2.45) is 0 Å². The van der Waals surface area contributed by atoms with Gasteiger partial charge in [-0.15, -0.1) is 0 Å². The van der Waals surface area contributed by atoms with Gasteiger partial charge in [-0.3, -0.25) is 4.79 Å². The van der Waals surface area contributed by atoms with Crippen LogP contribution >= 0.6 is 11.6 Å². The maximum atomic E-state index is 12.2. The van der Waals surface area contributed by atoms with Crippen LogP contribution in [0.4, 0.5) is 4.79 Å². The van der Waals surface area contributed by atoms with E-state index in [0.717, 1.165) is 5.56 Å². The van der Waals surface area contributed by atoms with Crippen molar-refractivity contribution in [3.8, 4) is 0 Å². The van der Waals surface area contributed by atoms with Crippen molar-refractivity contribution in [2.45, 2.75) is 32.4 Å². The molecule has 0 aliphatic heterocycles. The van der Waals surface area contributed by atoms with Gasteiger partial charge >= 0.3 is 17.8 Å². The Labute approximate surface area is 161 Å². The number of amides is 1. The van der Waals surface area contributed by atoms with Gasteiger partial charge in [0.2, 0.25) is 0 Å². The number of nitrogens with zero attached hydrogens (tertiary/aromatic N) is 2. The third kappa shape index (κ3) is 8.31. The van der Waals surface area contributed by atoms with E-state index in [4.69, 9.17) is 21.9 Å². The predicted molar refractivity (Wildman–Crippen MR) is 98.0 cm³/mol. The lowest BCUT2D eigenvalue weighted by Crippen LogP contribution is -2.39. The summed E-state index contributed by atoms with van der Waals surface area (Å²) in [7, 11) is 0. The van der Waals surface area contributed by atoms with E-state index in [9.17, 15) is 14.4 Å². The zero-order valence-electron chi connectivity index (χ0n) is 14.8. The molecule has 1 rings (SSSR count). The van der Waals surface area contributed by atoms with Crippen LogP contribution in [0.15, 0.2) is 41.9 Å². The second-order valence-corrected chi connectivity index (χ2v) is 5.96. The highest BCUT2D eigenvalue weighted by atomic mass is 35.5. The van der Waals surface area contributed by atoms with E-state index in [-0.39, 0.29) is 31.1 Å². The number of esters is 1. The lowest BCUT2D eigenvalue weighted by atomic mass is 10.0. The molecule has 0 fully saturated rings. The van der Waals surface area contributed by atoms with Crippen molar-refractivity contribution < 1.29 is 28.6 Å². The van der Waals surface area contributed by atoms with Crippen LogP contribution in [0.3, 0.4) is 0 Å². The molecule has 0 spiro atoms. The zero-order chi connectivity index (χ0) is 20.2. The maximum Gasteiger partial charge on any atom is 0.441 e. The number of ether oxygens (including phenoxy) is 2. The fourth-order valence-corrected chi connectivity index (χ4v) is 2.29. The monoisotopic (exact) mass is 393 g/mol. The molecular weight excluding hydrogens is 374 g/mol. The highest BCUT2D eigenvalue weighted by Crippen LogP contribution is 2.12. The van der Waals surface area contributed by atoms with Crippen LogP contribution in [0.5, 0.6) is 0 Å². The lowest BCUT2D eigenvalue weighted by molar-refractivity contribution is -0.141. The van der Waals surface area contributed by atoms with Crippen molar-refractivity contribution in [1.29, 1.82) is 0 Å². The minimum absolute atomic E-state index is 0.0110. The van der Waals surface area contributed by atoms with Crippen LogP contribution < -0.4 is 5.32 Å². The summed E-state index contributed by atoms with van der Waals surface area (Å²) in [5.74, 6) is -1.87. The molecule has 1 aromatic carbocycles. The number of benzene rings is 1. The summed E-state index contributed by atoms with van der Waals surface area (Å²) in [5.41, 5.74) is 8.92. The number of Topliss-reactive ketones (excluding diaryl/α,β-unsaturated/α-hetero) is 1. The number of ketones is 1. The van der Waals surface area contributed by atoms with Crippen LogP contribution in [-0.4, -0.2) is 41.0 Å². The Bertz CT molecular complexity index is 745. The fourth-order valence-electron chi connectivity index (χ4n) is 2.10. The van der Waals surface area contributed by atoms with Gasteiger partial charge in [-0.2, -0.15) is 4.79 Å². The molecule has 9 heteroatoms. The first-order chi connectivity index (χ1) is 12.9. The third-order valence-corrected chi connectivity index (χ3v) is 3.42. The van der Waals surface area contributed by atoms with Gasteiger partial charge in [0.15, 0.2) is 0 Å². The number of hydrogen-bond donors (Lipinski definition) is 1. The molecule has 0 bridgehead atoms. The summed E-state index contributed by atoms with van der Waals surface area (Å²) in [6.07, 6.45) is -1.08. The van der Waals surface area contributed by atoms with Gasteiger partial charge in [0.05, 0.1) is 6.61 Å². The molecule has 144 valence electrons. The lowest BCUT2D eigenvalue weighted by Gasteiger charge is -2.16. The standard InChI is InChI=1S/C18H20ClN3O5/c1-3-26-17(24)16(22-20)15(23)10-14(9-12(2)19)21-18(25)27-11-13-7-5-4-6-8-13/h4-8,14H,2-3,9-11H2,1H3,(H,21,25). The second-order valence-electron chi connectivity index (χ2n) is 5.42. The van der Waals surface area contributed by atoms with Crippen molar-refractivity contribution in [3.63, 3.8) is 0 Å². The molecule has 1 atom stereocenters. The minimum atomic E-state index is -1.06. The Morgan fingerprint density at radius 1 is 1.22 bits per heavy atom. The summed E-state index contributed by atoms with van der Waals surface area (Å²) >= 11 is 5.77. The Morgan fingerprint density at radius 3 is 2.44 bits per heavy atom. The molecule has 1 N–H and O–H groups in total. The molecule has 8 nitrogen and oxygen atoms in total. The molecule has 1 unspecified atom stereocenters. The molecule has 0 saturated carbocycles. The van der Waals surface area contributed by atoms with Gasteiger partial charge in [-0.25, -0.2) is 9.59 Å². The van der Waals surface area contributed by atoms with Gasteiger partial charge in [0, 0.05) is 23.9 Å². The van der Waals surface area contributed by atoms with Crippen LogP contribution in [0.1, 0.15) is 25.3 Å². The van der Waals surface area contributed by atoms with Crippen molar-refractivity contribution in [2.75, 3.05) is 6.61 Å². The predicted octanol–water partition coefficient (Wildman–Crippen LogP) is 2.62. The normalized spacial score (nSPS) is 10.9. The Morgan fingerprint density at radius 2 is 1.89 bits per heavy atom. The Kier molecular flexibility index (Phi) is 9.50. The average Bonchev–Trinajstić information content (AvgIpc) is 2.61. The van der Waals surface area contributed by atoms with Crippen LogP contribution in [-0.2, 0) is 25.7 Å². The maximum absolute atomic E-state index is 12.2. The molecule has 0 saturated heterocycles. The molecule has 0 radical (unpaired) electrons. The van der Waals surface area contributed by atoms with E-state index in [1.54, 1.807) is 31.2 Å². The molecule has 0 aliphatic rings. The first kappa shape index (κ1) is 22.1. The Hall–Kier alpha value is -2.96. The summed E-state index contributed by atoms with van der Waals surface area (Å²) in [6.45, 7) is 5.12. The van der Waals surface area contributed by atoms with E-state index in [1.165, 1.54) is 0 Å². The summed E-state index contributed by atoms with van der Waals surface area (Å²) < 4.78 is 9.73. The van der Waals surface area contributed by atoms with Crippen LogP contribution in [0.25, 0.3) is 5.53 Å². The Balaban J connectivity index is 2.70. The van der Waals surface area contributed by atoms with Crippen molar-refractivity contribution in [1.82, 2.24) is 5.32 Å². The number of carbonyl (C=O) groups excluding carboxylic acids is 3. The van der Waals surface area contributed by atoms with E-state index in [2.05, 4.69) is 21.4 Å². The number of halogens is 1. The molecule has 0 heterocycles. The van der Waals surface area contributed by atoms with Crippen molar-refractivity contribution >= 4 is 35.2 Å². The quantitative estimate of drug-likeness (QED) is 0.215. The molecule has 0 aromatic heterocycles. The molecule has 27 heavy (non-hydrogen) atoms. The summed E-state index contributed by atoms with van der Waals surface area (Å²) in [4.78, 5) is 38.5. The van der Waals surface area contributed by atoms with E-state index in [0.29, 0.717) is 0 Å². The summed E-state index contributed by atoms with van der Waals surface area (Å²) in [6, 6.07) is 8.22. The van der Waals surface area contributed by atoms with Crippen LogP contribution in [0, 0.1) is 0 Å². The smallest absolute Gasteiger partial charge is 0.441 e. The van der Waals surface area contributed by atoms with Gasteiger partial charge in [0.1, 0.15) is 6.61 Å². The minimum Gasteiger partial charge on any atom is -0.457 e. The highest BCUT2D eigenvalue weighted by molar-refractivity contribution is 6.62. The number of alkyl carbamates (subject to hydrolysis) is 1. The number of rotatable bonds is 10. The number of carbonyl (C=O) groups is 3. The summed E-state index contributed by atoms with van der Waals surface area (Å²) in [5, 5.41) is 2.67. The van der Waals surface area contributed by atoms with E-state index < -0.39 is 29.6 Å². The van der Waals surface area contributed by atoms with Gasteiger partial charge < -0.3 is 20.3 Å². The molecule has 1 amide bonds. The topological polar surface area (TPSA) is 118 Å². The highest BCUT2D eigenvalue weighted by Gasteiger charge is 2.33. The first-order valence-corrected chi connectivity index (χ1v) is 8.48. The fraction of sp³-hybridized carbons (Fsp3) is 0.333. The van der Waals surface area contributed by atoms with Gasteiger partial charge in [-0.1, -0.05) is 48.5 Å². The van der Waals surface area contributed by atoms with E-state index in [1.807, 2.05) is 6.07 Å². The number of hydrogen-bond acceptors (Lipinski definition) is 5. The van der Waals surface area contributed by atoms with Crippen molar-refractivity contribution in [3.05, 3.63) is 53.0 Å². The molecule has 1 aromatic rings.